The number of hydrogen-bond donors (Lipinski definition) is 0. The van der Waals surface area contributed by atoms with Gasteiger partial charge < -0.3 is 4.90 Å². The third-order valence-corrected chi connectivity index (χ3v) is 6.43. The Morgan fingerprint density at radius 1 is 1.07 bits per heavy atom. The molecular weight excluding hydrogens is 394 g/mol. The van der Waals surface area contributed by atoms with E-state index < -0.39 is 28.8 Å². The molecule has 4 nitrogen and oxygen atoms in total. The molecule has 0 saturated carbocycles. The van der Waals surface area contributed by atoms with Gasteiger partial charge in [0.25, 0.3) is 0 Å². The van der Waals surface area contributed by atoms with E-state index in [1.807, 2.05) is 74.3 Å². The minimum Gasteiger partial charge on any atom is -0.357 e. The van der Waals surface area contributed by atoms with Gasteiger partial charge in [0.15, 0.2) is 11.2 Å². The maximum atomic E-state index is 13.7. The molecule has 0 bridgehead atoms. The van der Waals surface area contributed by atoms with Gasteiger partial charge in [-0.1, -0.05) is 68.8 Å². The molecular formula is C25H22ClN3O. The van der Waals surface area contributed by atoms with Crippen LogP contribution < -0.4 is 0 Å². The van der Waals surface area contributed by atoms with Crippen LogP contribution in [0.1, 0.15) is 49.4 Å². The van der Waals surface area contributed by atoms with Crippen molar-refractivity contribution in [1.82, 2.24) is 4.90 Å². The van der Waals surface area contributed by atoms with Crippen LogP contribution in [0.2, 0.25) is 5.02 Å². The maximum absolute atomic E-state index is 13.7. The highest BCUT2D eigenvalue weighted by atomic mass is 35.5. The molecule has 30 heavy (non-hydrogen) atoms. The summed E-state index contributed by atoms with van der Waals surface area (Å²) in [5.41, 5.74) is 0.565. The zero-order valence-corrected chi connectivity index (χ0v) is 17.9. The van der Waals surface area contributed by atoms with Crippen molar-refractivity contribution in [3.05, 3.63) is 76.4 Å². The van der Waals surface area contributed by atoms with E-state index in [4.69, 9.17) is 11.6 Å². The Morgan fingerprint density at radius 3 is 2.30 bits per heavy atom. The SMILES string of the molecule is CC(C)(C)C(=O)[C@@H]1[C@@H](c2ccc(Cl)cc2)C(C#N)(C#N)[C@@H]2c3ccccc3C=CN12. The fourth-order valence-electron chi connectivity index (χ4n) is 4.78. The van der Waals surface area contributed by atoms with Crippen LogP contribution in [0.15, 0.2) is 54.7 Å². The molecule has 5 heteroatoms. The molecule has 2 aromatic rings. The average molecular weight is 416 g/mol. The summed E-state index contributed by atoms with van der Waals surface area (Å²) in [6, 6.07) is 18.4. The second-order valence-electron chi connectivity index (χ2n) is 8.98. The van der Waals surface area contributed by atoms with Crippen LogP contribution >= 0.6 is 11.6 Å². The van der Waals surface area contributed by atoms with Gasteiger partial charge in [-0.15, -0.1) is 0 Å². The summed E-state index contributed by atoms with van der Waals surface area (Å²) in [6.45, 7) is 5.64. The summed E-state index contributed by atoms with van der Waals surface area (Å²) < 4.78 is 0. The van der Waals surface area contributed by atoms with Crippen LogP contribution in [0.3, 0.4) is 0 Å². The van der Waals surface area contributed by atoms with Gasteiger partial charge in [0.1, 0.15) is 0 Å². The Morgan fingerprint density at radius 2 is 1.70 bits per heavy atom. The van der Waals surface area contributed by atoms with E-state index in [0.29, 0.717) is 5.02 Å². The quantitative estimate of drug-likeness (QED) is 0.651. The van der Waals surface area contributed by atoms with Crippen molar-refractivity contribution in [2.75, 3.05) is 0 Å². The Bertz CT molecular complexity index is 1100. The fraction of sp³-hybridized carbons (Fsp3) is 0.320. The first-order valence-electron chi connectivity index (χ1n) is 9.91. The molecule has 2 aliphatic rings. The molecule has 0 spiro atoms. The first-order valence-corrected chi connectivity index (χ1v) is 10.3. The van der Waals surface area contributed by atoms with Gasteiger partial charge in [-0.05, 0) is 34.9 Å². The molecule has 0 aliphatic carbocycles. The Kier molecular flexibility index (Phi) is 4.72. The van der Waals surface area contributed by atoms with E-state index in [1.165, 1.54) is 0 Å². The van der Waals surface area contributed by atoms with E-state index in [-0.39, 0.29) is 5.78 Å². The molecule has 0 N–H and O–H groups in total. The van der Waals surface area contributed by atoms with Gasteiger partial charge in [0, 0.05) is 22.6 Å². The minimum absolute atomic E-state index is 0.00357. The predicted molar refractivity (Wildman–Crippen MR) is 116 cm³/mol. The Labute approximate surface area is 182 Å². The highest BCUT2D eigenvalue weighted by Gasteiger charge is 2.64. The summed E-state index contributed by atoms with van der Waals surface area (Å²) in [4.78, 5) is 15.6. The van der Waals surface area contributed by atoms with E-state index in [2.05, 4.69) is 12.1 Å². The Hall–Kier alpha value is -3.08. The largest absolute Gasteiger partial charge is 0.357 e. The molecule has 0 unspecified atom stereocenters. The van der Waals surface area contributed by atoms with Crippen molar-refractivity contribution >= 4 is 23.5 Å². The summed E-state index contributed by atoms with van der Waals surface area (Å²) in [7, 11) is 0. The molecule has 0 aromatic heterocycles. The van der Waals surface area contributed by atoms with Gasteiger partial charge >= 0.3 is 0 Å². The number of nitrogens with zero attached hydrogens (tertiary/aromatic N) is 3. The fourth-order valence-corrected chi connectivity index (χ4v) is 4.91. The molecule has 1 fully saturated rings. The van der Waals surface area contributed by atoms with Crippen molar-refractivity contribution in [3.63, 3.8) is 0 Å². The average Bonchev–Trinajstić information content (AvgIpc) is 3.04. The lowest BCUT2D eigenvalue weighted by atomic mass is 9.66. The Balaban J connectivity index is 2.02. The minimum atomic E-state index is -1.43. The summed E-state index contributed by atoms with van der Waals surface area (Å²) in [5.74, 6) is -0.610. The summed E-state index contributed by atoms with van der Waals surface area (Å²) >= 11 is 6.10. The first kappa shape index (κ1) is 20.2. The van der Waals surface area contributed by atoms with Crippen LogP contribution in [-0.2, 0) is 4.79 Å². The molecule has 0 amide bonds. The molecule has 3 atom stereocenters. The summed E-state index contributed by atoms with van der Waals surface area (Å²) in [5, 5.41) is 21.4. The number of hydrogen-bond acceptors (Lipinski definition) is 4. The lowest BCUT2D eigenvalue weighted by molar-refractivity contribution is -0.130. The number of rotatable bonds is 2. The lowest BCUT2D eigenvalue weighted by Gasteiger charge is -2.36. The normalized spacial score (nSPS) is 23.8. The van der Waals surface area contributed by atoms with Crippen molar-refractivity contribution in [1.29, 1.82) is 10.5 Å². The number of Topliss-reactive ketones (excluding diaryl/α,β-unsaturated/α-hetero) is 1. The highest BCUT2D eigenvalue weighted by molar-refractivity contribution is 6.30. The third kappa shape index (κ3) is 2.83. The zero-order valence-electron chi connectivity index (χ0n) is 17.1. The van der Waals surface area contributed by atoms with E-state index in [0.717, 1.165) is 16.7 Å². The predicted octanol–water partition coefficient (Wildman–Crippen LogP) is 5.48. The second kappa shape index (κ2) is 7.01. The van der Waals surface area contributed by atoms with Crippen LogP contribution in [0.4, 0.5) is 0 Å². The molecule has 4 rings (SSSR count). The molecule has 150 valence electrons. The zero-order chi connectivity index (χ0) is 21.7. The van der Waals surface area contributed by atoms with Gasteiger partial charge in [-0.2, -0.15) is 10.5 Å². The van der Waals surface area contributed by atoms with E-state index in [9.17, 15) is 15.3 Å². The first-order chi connectivity index (χ1) is 14.2. The number of nitriles is 2. The number of benzene rings is 2. The van der Waals surface area contributed by atoms with Gasteiger partial charge in [-0.25, -0.2) is 0 Å². The molecule has 2 heterocycles. The highest BCUT2D eigenvalue weighted by Crippen LogP contribution is 2.60. The van der Waals surface area contributed by atoms with Crippen LogP contribution in [-0.4, -0.2) is 16.7 Å². The van der Waals surface area contributed by atoms with Crippen LogP contribution in [0, 0.1) is 33.5 Å². The third-order valence-electron chi connectivity index (χ3n) is 6.18. The molecule has 0 radical (unpaired) electrons. The van der Waals surface area contributed by atoms with Crippen LogP contribution in [0.25, 0.3) is 6.08 Å². The topological polar surface area (TPSA) is 67.9 Å². The summed E-state index contributed by atoms with van der Waals surface area (Å²) in [6.07, 6.45) is 3.83. The van der Waals surface area contributed by atoms with Crippen molar-refractivity contribution < 1.29 is 4.79 Å². The maximum Gasteiger partial charge on any atom is 0.177 e. The number of carbonyl (C=O) groups is 1. The number of halogens is 1. The van der Waals surface area contributed by atoms with Crippen LogP contribution in [0.5, 0.6) is 0 Å². The number of fused-ring (bicyclic) bond motifs is 3. The monoisotopic (exact) mass is 415 g/mol. The van der Waals surface area contributed by atoms with Crippen molar-refractivity contribution in [3.8, 4) is 12.1 Å². The number of ketones is 1. The second-order valence-corrected chi connectivity index (χ2v) is 9.41. The van der Waals surface area contributed by atoms with Crippen molar-refractivity contribution in [2.24, 2.45) is 10.8 Å². The molecule has 2 aliphatic heterocycles. The molecule has 2 aromatic carbocycles. The smallest absolute Gasteiger partial charge is 0.177 e. The van der Waals surface area contributed by atoms with E-state index >= 15 is 0 Å². The van der Waals surface area contributed by atoms with Gasteiger partial charge in [0.2, 0.25) is 0 Å². The lowest BCUT2D eigenvalue weighted by Crippen LogP contribution is -2.43. The van der Waals surface area contributed by atoms with Gasteiger partial charge in [0.05, 0.1) is 24.2 Å². The van der Waals surface area contributed by atoms with E-state index in [1.54, 1.807) is 12.1 Å². The van der Waals surface area contributed by atoms with Gasteiger partial charge in [-0.3, -0.25) is 4.79 Å². The van der Waals surface area contributed by atoms with Crippen molar-refractivity contribution in [2.45, 2.75) is 38.8 Å². The number of carbonyl (C=O) groups excluding carboxylic acids is 1. The molecule has 1 saturated heterocycles. The standard InChI is InChI=1S/C25H22ClN3O/c1-24(2,3)23(30)21-20(17-8-10-18(26)11-9-17)25(14-27,15-28)22-19-7-5-4-6-16(19)12-13-29(21)22/h4-13,20-22H,1-3H3/t20-,21+,22+/m1/s1.